The molecule has 0 heterocycles. The van der Waals surface area contributed by atoms with Gasteiger partial charge in [-0.15, -0.1) is 0 Å². The van der Waals surface area contributed by atoms with Gasteiger partial charge in [0.05, 0.1) is 6.61 Å². The fourth-order valence-electron chi connectivity index (χ4n) is 1.89. The van der Waals surface area contributed by atoms with E-state index >= 15 is 0 Å². The number of aliphatic hydroxyl groups is 1. The molecular formula is C15H24ClNO2. The van der Waals surface area contributed by atoms with Crippen LogP contribution >= 0.6 is 11.6 Å². The van der Waals surface area contributed by atoms with E-state index in [1.54, 1.807) is 0 Å². The smallest absolute Gasteiger partial charge is 0.124 e. The zero-order valence-corrected chi connectivity index (χ0v) is 12.5. The molecule has 0 spiro atoms. The van der Waals surface area contributed by atoms with Gasteiger partial charge in [0, 0.05) is 23.2 Å². The van der Waals surface area contributed by atoms with Crippen molar-refractivity contribution in [2.75, 3.05) is 20.3 Å². The molecule has 1 atom stereocenters. The maximum absolute atomic E-state index is 8.70. The van der Waals surface area contributed by atoms with Crippen LogP contribution in [0.25, 0.3) is 0 Å². The number of benzene rings is 1. The molecule has 1 unspecified atom stereocenters. The summed E-state index contributed by atoms with van der Waals surface area (Å²) in [4.78, 5) is 0. The van der Waals surface area contributed by atoms with E-state index in [-0.39, 0.29) is 12.6 Å². The molecule has 0 radical (unpaired) electrons. The van der Waals surface area contributed by atoms with Gasteiger partial charge in [0.1, 0.15) is 5.75 Å². The summed E-state index contributed by atoms with van der Waals surface area (Å²) in [6.07, 6.45) is 4.03. The highest BCUT2D eigenvalue weighted by Gasteiger charge is 2.10. The summed E-state index contributed by atoms with van der Waals surface area (Å²) < 4.78 is 5.83. The number of rotatable bonds is 9. The molecule has 0 aliphatic carbocycles. The molecule has 0 aliphatic heterocycles. The number of unbranched alkanes of at least 4 members (excludes halogenated alkanes) is 3. The Kier molecular flexibility index (Phi) is 7.87. The molecule has 0 aliphatic rings. The Balaban J connectivity index is 2.48. The SMILES string of the molecule is CNC(C)c1cc(Cl)ccc1OCCCCCCO. The fourth-order valence-corrected chi connectivity index (χ4v) is 2.07. The molecule has 19 heavy (non-hydrogen) atoms. The highest BCUT2D eigenvalue weighted by atomic mass is 35.5. The number of nitrogens with one attached hydrogen (secondary N) is 1. The van der Waals surface area contributed by atoms with Gasteiger partial charge >= 0.3 is 0 Å². The van der Waals surface area contributed by atoms with Gasteiger partial charge in [0.25, 0.3) is 0 Å². The van der Waals surface area contributed by atoms with E-state index in [4.69, 9.17) is 21.4 Å². The quantitative estimate of drug-likeness (QED) is 0.682. The lowest BCUT2D eigenvalue weighted by Crippen LogP contribution is -2.14. The van der Waals surface area contributed by atoms with Crippen molar-refractivity contribution in [3.8, 4) is 5.75 Å². The van der Waals surface area contributed by atoms with Gasteiger partial charge in [-0.25, -0.2) is 0 Å². The van der Waals surface area contributed by atoms with Crippen molar-refractivity contribution in [2.24, 2.45) is 0 Å². The maximum atomic E-state index is 8.70. The minimum absolute atomic E-state index is 0.211. The van der Waals surface area contributed by atoms with Gasteiger partial charge in [-0.1, -0.05) is 18.0 Å². The van der Waals surface area contributed by atoms with Crippen molar-refractivity contribution in [3.05, 3.63) is 28.8 Å². The molecule has 0 bridgehead atoms. The molecule has 1 aromatic carbocycles. The van der Waals surface area contributed by atoms with Gasteiger partial charge in [0.2, 0.25) is 0 Å². The van der Waals surface area contributed by atoms with Crippen molar-refractivity contribution >= 4 is 11.6 Å². The Morgan fingerprint density at radius 2 is 2.00 bits per heavy atom. The molecule has 0 fully saturated rings. The van der Waals surface area contributed by atoms with Gasteiger partial charge in [-0.3, -0.25) is 0 Å². The first-order valence-corrected chi connectivity index (χ1v) is 7.27. The van der Waals surface area contributed by atoms with E-state index < -0.39 is 0 Å². The van der Waals surface area contributed by atoms with E-state index in [9.17, 15) is 0 Å². The lowest BCUT2D eigenvalue weighted by molar-refractivity contribution is 0.272. The van der Waals surface area contributed by atoms with Gasteiger partial charge < -0.3 is 15.2 Å². The minimum Gasteiger partial charge on any atom is -0.493 e. The van der Waals surface area contributed by atoms with Crippen molar-refractivity contribution in [1.29, 1.82) is 0 Å². The van der Waals surface area contributed by atoms with E-state index in [1.165, 1.54) is 0 Å². The Labute approximate surface area is 120 Å². The van der Waals surface area contributed by atoms with Crippen LogP contribution < -0.4 is 10.1 Å². The zero-order chi connectivity index (χ0) is 14.1. The highest BCUT2D eigenvalue weighted by Crippen LogP contribution is 2.28. The topological polar surface area (TPSA) is 41.5 Å². The van der Waals surface area contributed by atoms with E-state index in [0.717, 1.165) is 42.0 Å². The number of hydrogen-bond donors (Lipinski definition) is 2. The molecule has 1 aromatic rings. The monoisotopic (exact) mass is 285 g/mol. The lowest BCUT2D eigenvalue weighted by atomic mass is 10.1. The van der Waals surface area contributed by atoms with E-state index in [1.807, 2.05) is 25.2 Å². The van der Waals surface area contributed by atoms with Crippen molar-refractivity contribution < 1.29 is 9.84 Å². The molecular weight excluding hydrogens is 262 g/mol. The third-order valence-corrected chi connectivity index (χ3v) is 3.42. The molecule has 0 aromatic heterocycles. The van der Waals surface area contributed by atoms with Crippen LogP contribution in [0, 0.1) is 0 Å². The summed E-state index contributed by atoms with van der Waals surface area (Å²) in [5.41, 5.74) is 1.09. The third kappa shape index (κ3) is 5.81. The number of hydrogen-bond acceptors (Lipinski definition) is 3. The second-order valence-corrected chi connectivity index (χ2v) is 5.12. The first-order chi connectivity index (χ1) is 9.19. The van der Waals surface area contributed by atoms with Crippen molar-refractivity contribution in [1.82, 2.24) is 5.32 Å². The van der Waals surface area contributed by atoms with Crippen molar-refractivity contribution in [2.45, 2.75) is 38.6 Å². The summed E-state index contributed by atoms with van der Waals surface area (Å²) >= 11 is 6.03. The first kappa shape index (κ1) is 16.3. The molecule has 4 heteroatoms. The molecule has 3 nitrogen and oxygen atoms in total. The van der Waals surface area contributed by atoms with Gasteiger partial charge in [-0.2, -0.15) is 0 Å². The molecule has 1 rings (SSSR count). The Bertz CT molecular complexity index is 371. The third-order valence-electron chi connectivity index (χ3n) is 3.18. The largest absolute Gasteiger partial charge is 0.493 e. The summed E-state index contributed by atoms with van der Waals surface area (Å²) in [7, 11) is 1.92. The maximum Gasteiger partial charge on any atom is 0.124 e. The van der Waals surface area contributed by atoms with Crippen molar-refractivity contribution in [3.63, 3.8) is 0 Å². The van der Waals surface area contributed by atoms with Crippen LogP contribution in [0.4, 0.5) is 0 Å². The summed E-state index contributed by atoms with van der Waals surface area (Å²) in [6.45, 7) is 3.07. The molecule has 0 saturated heterocycles. The van der Waals surface area contributed by atoms with Crippen LogP contribution in [0.5, 0.6) is 5.75 Å². The van der Waals surface area contributed by atoms with Crippen LogP contribution in [0.3, 0.4) is 0 Å². The molecule has 2 N–H and O–H groups in total. The van der Waals surface area contributed by atoms with Gasteiger partial charge in [-0.05, 0) is 51.4 Å². The Hall–Kier alpha value is -0.770. The van der Waals surface area contributed by atoms with E-state index in [0.29, 0.717) is 6.61 Å². The summed E-state index contributed by atoms with van der Waals surface area (Å²) in [6, 6.07) is 5.94. The molecule has 0 saturated carbocycles. The predicted molar refractivity (Wildman–Crippen MR) is 80.0 cm³/mol. The normalized spacial score (nSPS) is 12.4. The van der Waals surface area contributed by atoms with Crippen LogP contribution in [-0.2, 0) is 0 Å². The first-order valence-electron chi connectivity index (χ1n) is 6.89. The zero-order valence-electron chi connectivity index (χ0n) is 11.8. The Morgan fingerprint density at radius 1 is 1.26 bits per heavy atom. The standard InChI is InChI=1S/C15H24ClNO2/c1-12(17-2)14-11-13(16)7-8-15(14)19-10-6-4-3-5-9-18/h7-8,11-12,17-18H,3-6,9-10H2,1-2H3. The number of aliphatic hydroxyl groups excluding tert-OH is 1. The predicted octanol–water partition coefficient (Wildman–Crippen LogP) is 3.55. The minimum atomic E-state index is 0.211. The second kappa shape index (κ2) is 9.18. The molecule has 108 valence electrons. The summed E-state index contributed by atoms with van der Waals surface area (Å²) in [5, 5.41) is 12.6. The average molecular weight is 286 g/mol. The summed E-state index contributed by atoms with van der Waals surface area (Å²) in [5.74, 6) is 0.897. The van der Waals surface area contributed by atoms with Crippen LogP contribution in [0.2, 0.25) is 5.02 Å². The van der Waals surface area contributed by atoms with Crippen LogP contribution in [-0.4, -0.2) is 25.4 Å². The average Bonchev–Trinajstić information content (AvgIpc) is 2.43. The van der Waals surface area contributed by atoms with Crippen LogP contribution in [0.1, 0.15) is 44.2 Å². The molecule has 0 amide bonds. The lowest BCUT2D eigenvalue weighted by Gasteiger charge is -2.17. The van der Waals surface area contributed by atoms with Gasteiger partial charge in [0.15, 0.2) is 0 Å². The Morgan fingerprint density at radius 3 is 2.68 bits per heavy atom. The second-order valence-electron chi connectivity index (χ2n) is 4.68. The van der Waals surface area contributed by atoms with E-state index in [2.05, 4.69) is 12.2 Å². The fraction of sp³-hybridized carbons (Fsp3) is 0.600. The van der Waals surface area contributed by atoms with Crippen LogP contribution in [0.15, 0.2) is 18.2 Å². The number of ether oxygens (including phenoxy) is 1. The number of halogens is 1. The highest BCUT2D eigenvalue weighted by molar-refractivity contribution is 6.30.